The van der Waals surface area contributed by atoms with Gasteiger partial charge >= 0.3 is 5.97 Å². The number of ether oxygens (including phenoxy) is 2. The van der Waals surface area contributed by atoms with E-state index in [1.165, 1.54) is 23.9 Å². The number of rotatable bonds is 7. The second kappa shape index (κ2) is 8.35. The number of aromatic nitrogens is 2. The van der Waals surface area contributed by atoms with Crippen molar-refractivity contribution in [2.75, 3.05) is 13.7 Å². The van der Waals surface area contributed by atoms with Crippen molar-refractivity contribution in [1.82, 2.24) is 9.78 Å². The second-order valence-corrected chi connectivity index (χ2v) is 6.15. The van der Waals surface area contributed by atoms with E-state index < -0.39 is 5.97 Å². The topological polar surface area (TPSA) is 93.5 Å². The molecule has 0 amide bonds. The van der Waals surface area contributed by atoms with Crippen LogP contribution in [0.5, 0.6) is 11.5 Å². The number of aromatic carboxylic acids is 1. The van der Waals surface area contributed by atoms with Crippen LogP contribution in [0.3, 0.4) is 0 Å². The largest absolute Gasteiger partial charge is 0.493 e. The predicted molar refractivity (Wildman–Crippen MR) is 110 cm³/mol. The summed E-state index contributed by atoms with van der Waals surface area (Å²) in [4.78, 5) is 24.1. The first-order valence-corrected chi connectivity index (χ1v) is 8.71. The van der Waals surface area contributed by atoms with Crippen molar-refractivity contribution in [1.29, 1.82) is 0 Å². The van der Waals surface area contributed by atoms with E-state index in [0.29, 0.717) is 34.4 Å². The van der Waals surface area contributed by atoms with Crippen molar-refractivity contribution in [3.63, 3.8) is 0 Å². The summed E-state index contributed by atoms with van der Waals surface area (Å²) in [6.07, 6.45) is 3.31. The van der Waals surface area contributed by atoms with Gasteiger partial charge in [-0.1, -0.05) is 31.4 Å². The van der Waals surface area contributed by atoms with Gasteiger partial charge in [0.2, 0.25) is 0 Å². The van der Waals surface area contributed by atoms with Gasteiger partial charge in [0, 0.05) is 0 Å². The van der Waals surface area contributed by atoms with Gasteiger partial charge < -0.3 is 14.6 Å². The maximum Gasteiger partial charge on any atom is 0.335 e. The molecule has 3 rings (SSSR count). The number of nitrogens with one attached hydrogen (secondary N) is 1. The molecule has 0 aliphatic carbocycles. The molecule has 0 radical (unpaired) electrons. The Morgan fingerprint density at radius 3 is 2.72 bits per heavy atom. The molecule has 148 valence electrons. The number of aromatic amines is 1. The SMILES string of the molecule is C=CCOc1ccc(/C=c2/c(=C)[nH]n(-c3cccc(C(=O)O)c3)c2=O)cc1OC. The Balaban J connectivity index is 2.07. The minimum absolute atomic E-state index is 0.0833. The molecule has 29 heavy (non-hydrogen) atoms. The Bertz CT molecular complexity index is 1240. The van der Waals surface area contributed by atoms with Crippen LogP contribution >= 0.6 is 0 Å². The van der Waals surface area contributed by atoms with Crippen molar-refractivity contribution in [2.45, 2.75) is 0 Å². The van der Waals surface area contributed by atoms with Crippen LogP contribution in [-0.4, -0.2) is 34.6 Å². The zero-order valence-electron chi connectivity index (χ0n) is 15.8. The lowest BCUT2D eigenvalue weighted by Crippen LogP contribution is -2.34. The number of carbonyl (C=O) groups is 1. The molecular formula is C22H20N2O5. The molecule has 0 unspecified atom stereocenters. The fraction of sp³-hybridized carbons (Fsp3) is 0.0909. The first kappa shape index (κ1) is 19.8. The van der Waals surface area contributed by atoms with Gasteiger partial charge in [-0.25, -0.2) is 9.48 Å². The van der Waals surface area contributed by atoms with Crippen molar-refractivity contribution in [3.05, 3.63) is 87.2 Å². The molecule has 7 nitrogen and oxygen atoms in total. The van der Waals surface area contributed by atoms with Gasteiger partial charge in [0.05, 0.1) is 28.9 Å². The van der Waals surface area contributed by atoms with E-state index in [1.54, 1.807) is 42.5 Å². The van der Waals surface area contributed by atoms with Gasteiger partial charge in [-0.15, -0.1) is 0 Å². The normalized spacial score (nSPS) is 11.3. The zero-order chi connectivity index (χ0) is 21.0. The third kappa shape index (κ3) is 4.14. The average molecular weight is 392 g/mol. The van der Waals surface area contributed by atoms with Crippen molar-refractivity contribution < 1.29 is 19.4 Å². The lowest BCUT2D eigenvalue weighted by atomic mass is 10.1. The van der Waals surface area contributed by atoms with E-state index in [1.807, 2.05) is 0 Å². The summed E-state index contributed by atoms with van der Waals surface area (Å²) < 4.78 is 12.1. The maximum atomic E-state index is 12.9. The number of carboxylic acids is 1. The summed E-state index contributed by atoms with van der Waals surface area (Å²) in [5.41, 5.74) is 0.869. The molecule has 3 aromatic rings. The Hall–Kier alpha value is -4.00. The number of carboxylic acid groups (broad SMARTS) is 1. The van der Waals surface area contributed by atoms with E-state index in [9.17, 15) is 9.59 Å². The molecule has 1 aromatic heterocycles. The Labute approximate surface area is 166 Å². The van der Waals surface area contributed by atoms with Crippen LogP contribution in [0, 0.1) is 0 Å². The zero-order valence-corrected chi connectivity index (χ0v) is 15.8. The van der Waals surface area contributed by atoms with E-state index in [-0.39, 0.29) is 11.1 Å². The summed E-state index contributed by atoms with van der Waals surface area (Å²) in [5, 5.41) is 12.8. The molecule has 1 heterocycles. The highest BCUT2D eigenvalue weighted by Crippen LogP contribution is 2.28. The van der Waals surface area contributed by atoms with E-state index >= 15 is 0 Å². The minimum Gasteiger partial charge on any atom is -0.493 e. The molecule has 0 spiro atoms. The fourth-order valence-corrected chi connectivity index (χ4v) is 2.81. The number of hydrogen-bond donors (Lipinski definition) is 2. The predicted octanol–water partition coefficient (Wildman–Crippen LogP) is 1.68. The van der Waals surface area contributed by atoms with Gasteiger partial charge in [-0.2, -0.15) is 0 Å². The number of benzene rings is 2. The highest BCUT2D eigenvalue weighted by molar-refractivity contribution is 5.88. The molecule has 0 aliphatic heterocycles. The summed E-state index contributed by atoms with van der Waals surface area (Å²) in [6, 6.07) is 11.4. The van der Waals surface area contributed by atoms with Crippen molar-refractivity contribution in [2.24, 2.45) is 0 Å². The quantitative estimate of drug-likeness (QED) is 0.597. The van der Waals surface area contributed by atoms with Gasteiger partial charge in [0.25, 0.3) is 5.56 Å². The number of H-pyrrole nitrogens is 1. The number of nitrogens with zero attached hydrogens (tertiary/aromatic N) is 1. The summed E-state index contributed by atoms with van der Waals surface area (Å²) in [5.74, 6) is 0.0199. The minimum atomic E-state index is -1.07. The highest BCUT2D eigenvalue weighted by atomic mass is 16.5. The highest BCUT2D eigenvalue weighted by Gasteiger charge is 2.09. The van der Waals surface area contributed by atoms with E-state index in [2.05, 4.69) is 18.3 Å². The van der Waals surface area contributed by atoms with Gasteiger partial charge in [-0.05, 0) is 42.0 Å². The Morgan fingerprint density at radius 2 is 2.03 bits per heavy atom. The standard InChI is InChI=1S/C22H20N2O5/c1-4-10-29-19-9-8-15(12-20(19)28-3)11-18-14(2)23-24(21(18)25)17-7-5-6-16(13-17)22(26)27/h4-9,11-13,23H,1-2,10H2,3H3,(H,26,27)/b18-11-. The molecule has 2 N–H and O–H groups in total. The number of methoxy groups -OCH3 is 1. The van der Waals surface area contributed by atoms with Crippen molar-refractivity contribution in [3.8, 4) is 17.2 Å². The maximum absolute atomic E-state index is 12.9. The van der Waals surface area contributed by atoms with Crippen LogP contribution in [-0.2, 0) is 0 Å². The third-order valence-corrected chi connectivity index (χ3v) is 4.21. The summed E-state index contributed by atoms with van der Waals surface area (Å²) in [6.45, 7) is 7.85. The monoisotopic (exact) mass is 392 g/mol. The first-order chi connectivity index (χ1) is 13.9. The molecular weight excluding hydrogens is 372 g/mol. The Kier molecular flexibility index (Phi) is 5.69. The molecule has 0 saturated carbocycles. The molecule has 7 heteroatoms. The van der Waals surface area contributed by atoms with Crippen LogP contribution < -0.4 is 25.6 Å². The molecule has 0 atom stereocenters. The lowest BCUT2D eigenvalue weighted by Gasteiger charge is -2.09. The van der Waals surface area contributed by atoms with Crippen LogP contribution in [0.2, 0.25) is 0 Å². The third-order valence-electron chi connectivity index (χ3n) is 4.21. The molecule has 0 fully saturated rings. The van der Waals surface area contributed by atoms with Crippen LogP contribution in [0.25, 0.3) is 18.3 Å². The molecule has 2 aromatic carbocycles. The van der Waals surface area contributed by atoms with Crippen LogP contribution in [0.4, 0.5) is 0 Å². The molecule has 0 saturated heterocycles. The average Bonchev–Trinajstić information content (AvgIpc) is 3.01. The number of hydrogen-bond acceptors (Lipinski definition) is 4. The van der Waals surface area contributed by atoms with E-state index in [4.69, 9.17) is 14.6 Å². The van der Waals surface area contributed by atoms with Crippen LogP contribution in [0.1, 0.15) is 15.9 Å². The smallest absolute Gasteiger partial charge is 0.335 e. The van der Waals surface area contributed by atoms with Crippen molar-refractivity contribution >= 4 is 18.6 Å². The summed E-state index contributed by atoms with van der Waals surface area (Å²) >= 11 is 0. The first-order valence-electron chi connectivity index (χ1n) is 8.71. The van der Waals surface area contributed by atoms with Gasteiger partial charge in [0.15, 0.2) is 11.5 Å². The lowest BCUT2D eigenvalue weighted by molar-refractivity contribution is 0.0697. The van der Waals surface area contributed by atoms with Crippen LogP contribution in [0.15, 0.2) is 59.9 Å². The molecule has 0 bridgehead atoms. The molecule has 0 aliphatic rings. The van der Waals surface area contributed by atoms with Gasteiger partial charge in [0.1, 0.15) is 6.61 Å². The summed E-state index contributed by atoms with van der Waals surface area (Å²) in [7, 11) is 1.53. The second-order valence-electron chi connectivity index (χ2n) is 6.15. The Morgan fingerprint density at radius 1 is 1.24 bits per heavy atom. The fourth-order valence-electron chi connectivity index (χ4n) is 2.81. The van der Waals surface area contributed by atoms with Gasteiger partial charge in [-0.3, -0.25) is 9.89 Å². The van der Waals surface area contributed by atoms with E-state index in [0.717, 1.165) is 5.56 Å².